The second kappa shape index (κ2) is 6.24. The highest BCUT2D eigenvalue weighted by Gasteiger charge is 2.11. The van der Waals surface area contributed by atoms with Gasteiger partial charge in [-0.3, -0.25) is 4.79 Å². The van der Waals surface area contributed by atoms with Crippen LogP contribution in [0, 0.1) is 6.92 Å². The zero-order valence-corrected chi connectivity index (χ0v) is 12.1. The van der Waals surface area contributed by atoms with Gasteiger partial charge in [-0.2, -0.15) is 0 Å². The Hall–Kier alpha value is -2.29. The molecular formula is C17H19NO2. The van der Waals surface area contributed by atoms with Crippen LogP contribution in [0.5, 0.6) is 5.75 Å². The van der Waals surface area contributed by atoms with Crippen molar-refractivity contribution in [3.8, 4) is 5.75 Å². The van der Waals surface area contributed by atoms with Crippen LogP contribution in [0.25, 0.3) is 0 Å². The van der Waals surface area contributed by atoms with Gasteiger partial charge in [0.15, 0.2) is 5.78 Å². The van der Waals surface area contributed by atoms with E-state index >= 15 is 0 Å². The highest BCUT2D eigenvalue weighted by molar-refractivity contribution is 5.99. The second-order valence-electron chi connectivity index (χ2n) is 4.79. The number of carbonyl (C=O) groups is 1. The number of rotatable bonds is 5. The first-order valence-corrected chi connectivity index (χ1v) is 6.56. The lowest BCUT2D eigenvalue weighted by molar-refractivity contribution is 0.100. The van der Waals surface area contributed by atoms with E-state index in [1.807, 2.05) is 43.1 Å². The Balaban J connectivity index is 2.09. The van der Waals surface area contributed by atoms with Gasteiger partial charge in [-0.25, -0.2) is 0 Å². The van der Waals surface area contributed by atoms with Crippen LogP contribution < -0.4 is 9.64 Å². The maximum Gasteiger partial charge on any atom is 0.182 e. The standard InChI is InChI=1S/C17H19NO2/c1-13-6-4-5-7-16(13)18(2)12-17(19)14-8-10-15(20-3)11-9-14/h4-11H,12H2,1-3H3. The van der Waals surface area contributed by atoms with E-state index in [1.54, 1.807) is 31.4 Å². The van der Waals surface area contributed by atoms with Crippen molar-refractivity contribution in [1.29, 1.82) is 0 Å². The number of hydrogen-bond donors (Lipinski definition) is 0. The molecular weight excluding hydrogens is 250 g/mol. The quantitative estimate of drug-likeness (QED) is 0.780. The maximum atomic E-state index is 12.3. The molecule has 2 rings (SSSR count). The van der Waals surface area contributed by atoms with E-state index in [4.69, 9.17) is 4.74 Å². The van der Waals surface area contributed by atoms with Crippen LogP contribution in [0.1, 0.15) is 15.9 Å². The van der Waals surface area contributed by atoms with E-state index in [-0.39, 0.29) is 5.78 Å². The van der Waals surface area contributed by atoms with Crippen molar-refractivity contribution < 1.29 is 9.53 Å². The van der Waals surface area contributed by atoms with Crippen molar-refractivity contribution in [3.63, 3.8) is 0 Å². The summed E-state index contributed by atoms with van der Waals surface area (Å²) in [4.78, 5) is 14.2. The van der Waals surface area contributed by atoms with Gasteiger partial charge in [-0.1, -0.05) is 18.2 Å². The number of Topliss-reactive ketones (excluding diaryl/α,β-unsaturated/α-hetero) is 1. The summed E-state index contributed by atoms with van der Waals surface area (Å²) < 4.78 is 5.09. The molecule has 0 saturated carbocycles. The maximum absolute atomic E-state index is 12.3. The molecule has 0 aliphatic rings. The molecule has 0 aliphatic heterocycles. The minimum Gasteiger partial charge on any atom is -0.497 e. The number of hydrogen-bond acceptors (Lipinski definition) is 3. The van der Waals surface area contributed by atoms with Crippen molar-refractivity contribution >= 4 is 11.5 Å². The number of ketones is 1. The molecule has 0 saturated heterocycles. The summed E-state index contributed by atoms with van der Waals surface area (Å²) in [7, 11) is 3.55. The summed E-state index contributed by atoms with van der Waals surface area (Å²) in [6.07, 6.45) is 0. The Morgan fingerprint density at radius 1 is 1.10 bits per heavy atom. The predicted molar refractivity (Wildman–Crippen MR) is 81.8 cm³/mol. The molecule has 104 valence electrons. The number of benzene rings is 2. The zero-order valence-electron chi connectivity index (χ0n) is 12.1. The number of anilines is 1. The lowest BCUT2D eigenvalue weighted by Gasteiger charge is -2.20. The Morgan fingerprint density at radius 3 is 2.35 bits per heavy atom. The predicted octanol–water partition coefficient (Wildman–Crippen LogP) is 3.32. The van der Waals surface area contributed by atoms with E-state index in [1.165, 1.54) is 0 Å². The largest absolute Gasteiger partial charge is 0.497 e. The van der Waals surface area contributed by atoms with Crippen molar-refractivity contribution in [2.24, 2.45) is 0 Å². The third kappa shape index (κ3) is 3.18. The van der Waals surface area contributed by atoms with Gasteiger partial charge in [0.25, 0.3) is 0 Å². The van der Waals surface area contributed by atoms with Crippen LogP contribution >= 0.6 is 0 Å². The van der Waals surface area contributed by atoms with Crippen LogP contribution in [0.4, 0.5) is 5.69 Å². The molecule has 0 unspecified atom stereocenters. The molecule has 0 fully saturated rings. The lowest BCUT2D eigenvalue weighted by atomic mass is 10.1. The van der Waals surface area contributed by atoms with Gasteiger partial charge in [0.05, 0.1) is 13.7 Å². The Morgan fingerprint density at radius 2 is 1.75 bits per heavy atom. The molecule has 3 nitrogen and oxygen atoms in total. The molecule has 20 heavy (non-hydrogen) atoms. The second-order valence-corrected chi connectivity index (χ2v) is 4.79. The molecule has 3 heteroatoms. The van der Waals surface area contributed by atoms with Gasteiger partial charge in [-0.15, -0.1) is 0 Å². The number of methoxy groups -OCH3 is 1. The zero-order chi connectivity index (χ0) is 14.5. The highest BCUT2D eigenvalue weighted by Crippen LogP contribution is 2.18. The molecule has 0 bridgehead atoms. The first kappa shape index (κ1) is 14.1. The van der Waals surface area contributed by atoms with Crippen LogP contribution in [0.15, 0.2) is 48.5 Å². The Kier molecular flexibility index (Phi) is 4.41. The summed E-state index contributed by atoms with van der Waals surface area (Å²) in [5.41, 5.74) is 2.94. The third-order valence-corrected chi connectivity index (χ3v) is 3.32. The van der Waals surface area contributed by atoms with Gasteiger partial charge < -0.3 is 9.64 Å². The van der Waals surface area contributed by atoms with E-state index in [2.05, 4.69) is 0 Å². The van der Waals surface area contributed by atoms with Crippen molar-refractivity contribution in [2.45, 2.75) is 6.92 Å². The molecule has 0 radical (unpaired) electrons. The first-order valence-electron chi connectivity index (χ1n) is 6.56. The van der Waals surface area contributed by atoms with Crippen LogP contribution in [-0.4, -0.2) is 26.5 Å². The van der Waals surface area contributed by atoms with Gasteiger partial charge in [0, 0.05) is 18.3 Å². The molecule has 0 spiro atoms. The summed E-state index contributed by atoms with van der Waals surface area (Å²) in [6, 6.07) is 15.3. The Labute approximate surface area is 119 Å². The number of nitrogens with zero attached hydrogens (tertiary/aromatic N) is 1. The number of aryl methyl sites for hydroxylation is 1. The van der Waals surface area contributed by atoms with E-state index in [0.29, 0.717) is 12.1 Å². The van der Waals surface area contributed by atoms with Crippen LogP contribution in [-0.2, 0) is 0 Å². The molecule has 0 heterocycles. The number of likely N-dealkylation sites (N-methyl/N-ethyl adjacent to an activating group) is 1. The van der Waals surface area contributed by atoms with E-state index in [0.717, 1.165) is 17.0 Å². The third-order valence-electron chi connectivity index (χ3n) is 3.32. The van der Waals surface area contributed by atoms with Gasteiger partial charge in [0.1, 0.15) is 5.75 Å². The SMILES string of the molecule is COc1ccc(C(=O)CN(C)c2ccccc2C)cc1. The fraction of sp³-hybridized carbons (Fsp3) is 0.235. The van der Waals surface area contributed by atoms with E-state index in [9.17, 15) is 4.79 Å². The minimum atomic E-state index is 0.0957. The molecule has 0 atom stereocenters. The van der Waals surface area contributed by atoms with Crippen LogP contribution in [0.3, 0.4) is 0 Å². The monoisotopic (exact) mass is 269 g/mol. The molecule has 2 aromatic carbocycles. The molecule has 2 aromatic rings. The summed E-state index contributed by atoms with van der Waals surface area (Å²) in [5.74, 6) is 0.854. The first-order chi connectivity index (χ1) is 9.61. The van der Waals surface area contributed by atoms with Gasteiger partial charge in [-0.05, 0) is 42.8 Å². The lowest BCUT2D eigenvalue weighted by Crippen LogP contribution is -2.26. The highest BCUT2D eigenvalue weighted by atomic mass is 16.5. The summed E-state index contributed by atoms with van der Waals surface area (Å²) >= 11 is 0. The molecule has 0 aliphatic carbocycles. The summed E-state index contributed by atoms with van der Waals surface area (Å²) in [6.45, 7) is 2.40. The normalized spacial score (nSPS) is 10.2. The molecule has 0 N–H and O–H groups in total. The Bertz CT molecular complexity index is 590. The van der Waals surface area contributed by atoms with Crippen molar-refractivity contribution in [3.05, 3.63) is 59.7 Å². The number of carbonyl (C=O) groups excluding carboxylic acids is 1. The van der Waals surface area contributed by atoms with Crippen molar-refractivity contribution in [2.75, 3.05) is 25.6 Å². The van der Waals surface area contributed by atoms with Gasteiger partial charge in [0.2, 0.25) is 0 Å². The topological polar surface area (TPSA) is 29.5 Å². The average Bonchev–Trinajstić information content (AvgIpc) is 2.47. The average molecular weight is 269 g/mol. The van der Waals surface area contributed by atoms with Gasteiger partial charge >= 0.3 is 0 Å². The minimum absolute atomic E-state index is 0.0957. The van der Waals surface area contributed by atoms with Crippen LogP contribution in [0.2, 0.25) is 0 Å². The van der Waals surface area contributed by atoms with E-state index < -0.39 is 0 Å². The fourth-order valence-corrected chi connectivity index (χ4v) is 2.16. The molecule has 0 amide bonds. The van der Waals surface area contributed by atoms with Crippen molar-refractivity contribution in [1.82, 2.24) is 0 Å². The number of para-hydroxylation sites is 1. The summed E-state index contributed by atoms with van der Waals surface area (Å²) in [5, 5.41) is 0. The number of ether oxygens (including phenoxy) is 1. The fourth-order valence-electron chi connectivity index (χ4n) is 2.16. The molecule has 0 aromatic heterocycles. The smallest absolute Gasteiger partial charge is 0.182 e.